The van der Waals surface area contributed by atoms with E-state index in [0.29, 0.717) is 12.2 Å². The second-order valence-corrected chi connectivity index (χ2v) is 6.92. The van der Waals surface area contributed by atoms with Gasteiger partial charge in [0.2, 0.25) is 0 Å². The minimum Gasteiger partial charge on any atom is -0.354 e. The molecule has 0 radical (unpaired) electrons. The highest BCUT2D eigenvalue weighted by atomic mass is 16.2. The minimum absolute atomic E-state index is 0.0329. The normalized spacial score (nSPS) is 18.1. The summed E-state index contributed by atoms with van der Waals surface area (Å²) >= 11 is 0. The van der Waals surface area contributed by atoms with Crippen LogP contribution in [0.5, 0.6) is 0 Å². The van der Waals surface area contributed by atoms with Crippen molar-refractivity contribution in [3.05, 3.63) is 59.3 Å². The van der Waals surface area contributed by atoms with Crippen LogP contribution in [0.4, 0.5) is 5.82 Å². The van der Waals surface area contributed by atoms with Gasteiger partial charge in [0.25, 0.3) is 5.91 Å². The molecule has 3 heterocycles. The molecule has 5 heteroatoms. The van der Waals surface area contributed by atoms with Crippen molar-refractivity contribution in [2.24, 2.45) is 0 Å². The Bertz CT molecular complexity index is 768. The van der Waals surface area contributed by atoms with Crippen molar-refractivity contribution >= 4 is 11.7 Å². The number of piperazine rings is 1. The Labute approximate surface area is 148 Å². The van der Waals surface area contributed by atoms with E-state index < -0.39 is 0 Å². The molecule has 1 fully saturated rings. The van der Waals surface area contributed by atoms with Gasteiger partial charge in [0.1, 0.15) is 11.5 Å². The van der Waals surface area contributed by atoms with Crippen LogP contribution >= 0.6 is 0 Å². The maximum Gasteiger partial charge on any atom is 0.272 e. The fourth-order valence-electron chi connectivity index (χ4n) is 3.59. The van der Waals surface area contributed by atoms with Crippen molar-refractivity contribution in [3.8, 4) is 0 Å². The van der Waals surface area contributed by atoms with Gasteiger partial charge in [0.05, 0.1) is 0 Å². The van der Waals surface area contributed by atoms with Crippen LogP contribution in [-0.4, -0.2) is 60.5 Å². The Hall–Kier alpha value is -2.40. The monoisotopic (exact) mass is 336 g/mol. The highest BCUT2D eigenvalue weighted by Gasteiger charge is 2.23. The summed E-state index contributed by atoms with van der Waals surface area (Å²) in [5.41, 5.74) is 3.15. The van der Waals surface area contributed by atoms with Gasteiger partial charge in [-0.05, 0) is 36.7 Å². The Kier molecular flexibility index (Phi) is 4.40. The molecule has 1 saturated heterocycles. The summed E-state index contributed by atoms with van der Waals surface area (Å²) in [7, 11) is 2.14. The molecule has 130 valence electrons. The number of rotatable bonds is 2. The number of carbonyl (C=O) groups is 1. The van der Waals surface area contributed by atoms with Crippen molar-refractivity contribution < 1.29 is 4.79 Å². The molecule has 0 spiro atoms. The second-order valence-electron chi connectivity index (χ2n) is 6.92. The van der Waals surface area contributed by atoms with E-state index in [1.807, 2.05) is 29.2 Å². The molecule has 0 bridgehead atoms. The van der Waals surface area contributed by atoms with E-state index in [2.05, 4.69) is 40.0 Å². The molecule has 4 rings (SSSR count). The fourth-order valence-corrected chi connectivity index (χ4v) is 3.59. The molecule has 2 aliphatic rings. The topological polar surface area (TPSA) is 39.7 Å². The number of anilines is 1. The molecule has 5 nitrogen and oxygen atoms in total. The molecule has 1 amide bonds. The summed E-state index contributed by atoms with van der Waals surface area (Å²) in [5, 5.41) is 0. The Morgan fingerprint density at radius 3 is 2.48 bits per heavy atom. The maximum absolute atomic E-state index is 12.9. The number of aromatic nitrogens is 1. The standard InChI is InChI=1S/C20H24N4O/c1-22-11-13-23(14-12-22)19-8-4-7-18(21-19)20(25)24-10-9-16-5-2-3-6-17(16)15-24/h2-8H,9-15H2,1H3. The van der Waals surface area contributed by atoms with Crippen LogP contribution in [0.25, 0.3) is 0 Å². The Morgan fingerprint density at radius 2 is 1.68 bits per heavy atom. The Balaban J connectivity index is 1.50. The van der Waals surface area contributed by atoms with Gasteiger partial charge in [-0.15, -0.1) is 0 Å². The van der Waals surface area contributed by atoms with Crippen LogP contribution in [0.3, 0.4) is 0 Å². The summed E-state index contributed by atoms with van der Waals surface area (Å²) in [5.74, 6) is 0.946. The highest BCUT2D eigenvalue weighted by molar-refractivity contribution is 5.92. The zero-order valence-electron chi connectivity index (χ0n) is 14.7. The predicted molar refractivity (Wildman–Crippen MR) is 98.8 cm³/mol. The third-order valence-corrected chi connectivity index (χ3v) is 5.20. The van der Waals surface area contributed by atoms with E-state index in [1.54, 1.807) is 0 Å². The lowest BCUT2D eigenvalue weighted by Gasteiger charge is -2.33. The molecule has 2 aromatic rings. The van der Waals surface area contributed by atoms with Crippen LogP contribution in [0.1, 0.15) is 21.6 Å². The van der Waals surface area contributed by atoms with Gasteiger partial charge in [-0.25, -0.2) is 4.98 Å². The summed E-state index contributed by atoms with van der Waals surface area (Å²) < 4.78 is 0. The Morgan fingerprint density at radius 1 is 0.920 bits per heavy atom. The first kappa shape index (κ1) is 16.1. The second kappa shape index (κ2) is 6.84. The van der Waals surface area contributed by atoms with Crippen LogP contribution in [0.2, 0.25) is 0 Å². The SMILES string of the molecule is CN1CCN(c2cccc(C(=O)N3CCc4ccccc4C3)n2)CC1. The van der Waals surface area contributed by atoms with Crippen molar-refractivity contribution in [2.45, 2.75) is 13.0 Å². The zero-order valence-corrected chi connectivity index (χ0v) is 14.7. The molecule has 2 aliphatic heterocycles. The van der Waals surface area contributed by atoms with Crippen LogP contribution in [-0.2, 0) is 13.0 Å². The highest BCUT2D eigenvalue weighted by Crippen LogP contribution is 2.21. The molecule has 25 heavy (non-hydrogen) atoms. The summed E-state index contributed by atoms with van der Waals surface area (Å²) in [4.78, 5) is 24.1. The fraction of sp³-hybridized carbons (Fsp3) is 0.400. The molecular formula is C20H24N4O. The van der Waals surface area contributed by atoms with E-state index in [9.17, 15) is 4.79 Å². The molecule has 0 aliphatic carbocycles. The van der Waals surface area contributed by atoms with Crippen molar-refractivity contribution in [2.75, 3.05) is 44.7 Å². The van der Waals surface area contributed by atoms with Gasteiger partial charge in [-0.3, -0.25) is 4.79 Å². The number of pyridine rings is 1. The molecular weight excluding hydrogens is 312 g/mol. The summed E-state index contributed by atoms with van der Waals surface area (Å²) in [6.07, 6.45) is 0.917. The number of likely N-dealkylation sites (N-methyl/N-ethyl adjacent to an activating group) is 1. The number of amides is 1. The molecule has 0 unspecified atom stereocenters. The largest absolute Gasteiger partial charge is 0.354 e. The smallest absolute Gasteiger partial charge is 0.272 e. The lowest BCUT2D eigenvalue weighted by molar-refractivity contribution is 0.0729. The quantitative estimate of drug-likeness (QED) is 0.841. The summed E-state index contributed by atoms with van der Waals surface area (Å²) in [6, 6.07) is 14.2. The first-order valence-electron chi connectivity index (χ1n) is 8.97. The molecule has 0 saturated carbocycles. The van der Waals surface area contributed by atoms with Crippen molar-refractivity contribution in [1.29, 1.82) is 0 Å². The number of nitrogens with zero attached hydrogens (tertiary/aromatic N) is 4. The van der Waals surface area contributed by atoms with Crippen molar-refractivity contribution in [1.82, 2.24) is 14.8 Å². The minimum atomic E-state index is 0.0329. The molecule has 0 atom stereocenters. The van der Waals surface area contributed by atoms with Gasteiger partial charge in [-0.2, -0.15) is 0 Å². The van der Waals surface area contributed by atoms with E-state index in [-0.39, 0.29) is 5.91 Å². The predicted octanol–water partition coefficient (Wildman–Crippen LogP) is 2.03. The average Bonchev–Trinajstić information content (AvgIpc) is 2.68. The van der Waals surface area contributed by atoms with Gasteiger partial charge < -0.3 is 14.7 Å². The first-order valence-corrected chi connectivity index (χ1v) is 8.97. The summed E-state index contributed by atoms with van der Waals surface area (Å²) in [6.45, 7) is 5.41. The van der Waals surface area contributed by atoms with Crippen LogP contribution in [0, 0.1) is 0 Å². The number of fused-ring (bicyclic) bond motifs is 1. The van der Waals surface area contributed by atoms with Crippen molar-refractivity contribution in [3.63, 3.8) is 0 Å². The van der Waals surface area contributed by atoms with E-state index >= 15 is 0 Å². The number of hydrogen-bond acceptors (Lipinski definition) is 4. The van der Waals surface area contributed by atoms with E-state index in [1.165, 1.54) is 11.1 Å². The van der Waals surface area contributed by atoms with Gasteiger partial charge >= 0.3 is 0 Å². The number of benzene rings is 1. The molecule has 1 aromatic carbocycles. The lowest BCUT2D eigenvalue weighted by Crippen LogP contribution is -2.45. The lowest BCUT2D eigenvalue weighted by atomic mass is 10.00. The average molecular weight is 336 g/mol. The van der Waals surface area contributed by atoms with Crippen LogP contribution in [0.15, 0.2) is 42.5 Å². The third kappa shape index (κ3) is 3.37. The van der Waals surface area contributed by atoms with Gasteiger partial charge in [0, 0.05) is 39.3 Å². The van der Waals surface area contributed by atoms with E-state index in [0.717, 1.165) is 45.0 Å². The first-order chi connectivity index (χ1) is 12.2. The molecule has 1 aromatic heterocycles. The maximum atomic E-state index is 12.9. The number of hydrogen-bond donors (Lipinski definition) is 0. The van der Waals surface area contributed by atoms with E-state index in [4.69, 9.17) is 0 Å². The third-order valence-electron chi connectivity index (χ3n) is 5.20. The van der Waals surface area contributed by atoms with Gasteiger partial charge in [-0.1, -0.05) is 30.3 Å². The van der Waals surface area contributed by atoms with Gasteiger partial charge in [0.15, 0.2) is 0 Å². The molecule has 0 N–H and O–H groups in total. The van der Waals surface area contributed by atoms with Crippen LogP contribution < -0.4 is 4.90 Å². The zero-order chi connectivity index (χ0) is 17.2. The number of carbonyl (C=O) groups excluding carboxylic acids is 1.